The number of nitrogens with two attached hydrogens (primary N) is 1. The molecule has 0 saturated carbocycles. The molecule has 1 heterocycles. The van der Waals surface area contributed by atoms with Crippen molar-refractivity contribution in [3.05, 3.63) is 0 Å². The summed E-state index contributed by atoms with van der Waals surface area (Å²) in [7, 11) is 0. The van der Waals surface area contributed by atoms with Crippen LogP contribution in [0.1, 0.15) is 71.6 Å². The van der Waals surface area contributed by atoms with Gasteiger partial charge in [0.05, 0.1) is 0 Å². The van der Waals surface area contributed by atoms with E-state index >= 15 is 0 Å². The fraction of sp³-hybridized carbons (Fsp3) is 0.833. The number of hydrogen-bond acceptors (Lipinski definition) is 3. The van der Waals surface area contributed by atoms with Crippen LogP contribution in [-0.2, 0) is 14.4 Å². The SMILES string of the molecule is CCCCCCCC(CC)C(C[C@@H]1CCNC1=O)(NC=O)C(N)=O. The van der Waals surface area contributed by atoms with Crippen molar-refractivity contribution in [2.24, 2.45) is 17.6 Å². The van der Waals surface area contributed by atoms with Crippen LogP contribution in [0.15, 0.2) is 0 Å². The Morgan fingerprint density at radius 1 is 1.38 bits per heavy atom. The van der Waals surface area contributed by atoms with E-state index in [1.807, 2.05) is 6.92 Å². The highest BCUT2D eigenvalue weighted by molar-refractivity contribution is 5.89. The number of hydrogen-bond donors (Lipinski definition) is 3. The quantitative estimate of drug-likeness (QED) is 0.353. The number of primary amides is 1. The molecule has 6 nitrogen and oxygen atoms in total. The summed E-state index contributed by atoms with van der Waals surface area (Å²) in [6.45, 7) is 4.80. The Hall–Kier alpha value is -1.59. The number of amides is 3. The molecule has 24 heavy (non-hydrogen) atoms. The van der Waals surface area contributed by atoms with Gasteiger partial charge in [-0.1, -0.05) is 52.4 Å². The number of unbranched alkanes of at least 4 members (excludes halogenated alkanes) is 4. The lowest BCUT2D eigenvalue weighted by Gasteiger charge is -2.39. The van der Waals surface area contributed by atoms with Crippen molar-refractivity contribution in [3.8, 4) is 0 Å². The van der Waals surface area contributed by atoms with E-state index in [1.54, 1.807) is 0 Å². The van der Waals surface area contributed by atoms with Crippen molar-refractivity contribution in [2.45, 2.75) is 77.2 Å². The summed E-state index contributed by atoms with van der Waals surface area (Å²) in [6.07, 6.45) is 8.81. The summed E-state index contributed by atoms with van der Waals surface area (Å²) < 4.78 is 0. The Morgan fingerprint density at radius 2 is 2.08 bits per heavy atom. The van der Waals surface area contributed by atoms with E-state index in [9.17, 15) is 14.4 Å². The van der Waals surface area contributed by atoms with Crippen LogP contribution >= 0.6 is 0 Å². The zero-order chi connectivity index (χ0) is 18.0. The summed E-state index contributed by atoms with van der Waals surface area (Å²) in [5.74, 6) is -0.893. The molecule has 0 aliphatic carbocycles. The third-order valence-electron chi connectivity index (χ3n) is 5.33. The molecule has 3 atom stereocenters. The van der Waals surface area contributed by atoms with Gasteiger partial charge in [0.2, 0.25) is 18.2 Å². The first-order valence-electron chi connectivity index (χ1n) is 9.30. The van der Waals surface area contributed by atoms with Crippen LogP contribution in [0, 0.1) is 11.8 Å². The van der Waals surface area contributed by atoms with Crippen LogP contribution in [0.4, 0.5) is 0 Å². The maximum atomic E-state index is 12.3. The van der Waals surface area contributed by atoms with Gasteiger partial charge in [-0.25, -0.2) is 0 Å². The second-order valence-electron chi connectivity index (χ2n) is 6.89. The van der Waals surface area contributed by atoms with Crippen LogP contribution in [-0.4, -0.2) is 30.3 Å². The first-order chi connectivity index (χ1) is 11.5. The Balaban J connectivity index is 2.85. The number of rotatable bonds is 13. The summed E-state index contributed by atoms with van der Waals surface area (Å²) in [5.41, 5.74) is 4.59. The van der Waals surface area contributed by atoms with E-state index < -0.39 is 11.4 Å². The van der Waals surface area contributed by atoms with Crippen LogP contribution < -0.4 is 16.4 Å². The van der Waals surface area contributed by atoms with Crippen molar-refractivity contribution >= 4 is 18.2 Å². The van der Waals surface area contributed by atoms with Gasteiger partial charge in [-0.3, -0.25) is 14.4 Å². The molecule has 2 unspecified atom stereocenters. The predicted octanol–water partition coefficient (Wildman–Crippen LogP) is 1.87. The predicted molar refractivity (Wildman–Crippen MR) is 94.0 cm³/mol. The highest BCUT2D eigenvalue weighted by Gasteiger charge is 2.46. The Bertz CT molecular complexity index is 428. The standard InChI is InChI=1S/C18H33N3O3/c1-3-5-6-7-8-9-15(4-2)18(17(19)24,21-13-22)12-14-10-11-20-16(14)23/h13-15H,3-12H2,1-2H3,(H2,19,24)(H,20,23)(H,21,22)/t14-,15?,18?/m0/s1. The molecule has 1 aliphatic rings. The monoisotopic (exact) mass is 339 g/mol. The molecule has 0 aromatic carbocycles. The fourth-order valence-electron chi connectivity index (χ4n) is 3.84. The summed E-state index contributed by atoms with van der Waals surface area (Å²) >= 11 is 0. The lowest BCUT2D eigenvalue weighted by atomic mass is 9.72. The summed E-state index contributed by atoms with van der Waals surface area (Å²) in [5, 5.41) is 5.50. The van der Waals surface area contributed by atoms with Gasteiger partial charge in [0.1, 0.15) is 5.54 Å². The van der Waals surface area contributed by atoms with E-state index in [4.69, 9.17) is 5.73 Å². The highest BCUT2D eigenvalue weighted by Crippen LogP contribution is 2.34. The topological polar surface area (TPSA) is 101 Å². The third kappa shape index (κ3) is 5.21. The minimum Gasteiger partial charge on any atom is -0.368 e. The largest absolute Gasteiger partial charge is 0.368 e. The lowest BCUT2D eigenvalue weighted by Crippen LogP contribution is -2.61. The Kier molecular flexibility index (Phi) is 8.79. The van der Waals surface area contributed by atoms with Gasteiger partial charge in [-0.2, -0.15) is 0 Å². The van der Waals surface area contributed by atoms with E-state index in [-0.39, 0.29) is 17.7 Å². The van der Waals surface area contributed by atoms with Crippen LogP contribution in [0.25, 0.3) is 0 Å². The van der Waals surface area contributed by atoms with E-state index in [0.717, 1.165) is 25.7 Å². The molecule has 0 radical (unpaired) electrons. The minimum atomic E-state index is -1.13. The van der Waals surface area contributed by atoms with Gasteiger partial charge < -0.3 is 16.4 Å². The molecule has 1 rings (SSSR count). The second kappa shape index (κ2) is 10.3. The maximum Gasteiger partial charge on any atom is 0.243 e. The lowest BCUT2D eigenvalue weighted by molar-refractivity contribution is -0.133. The van der Waals surface area contributed by atoms with Crippen LogP contribution in [0.3, 0.4) is 0 Å². The Morgan fingerprint density at radius 3 is 2.58 bits per heavy atom. The molecule has 0 spiro atoms. The van der Waals surface area contributed by atoms with Crippen LogP contribution in [0.5, 0.6) is 0 Å². The molecule has 0 aromatic heterocycles. The first-order valence-corrected chi connectivity index (χ1v) is 9.30. The molecule has 1 saturated heterocycles. The average Bonchev–Trinajstić information content (AvgIpc) is 2.95. The van der Waals surface area contributed by atoms with Gasteiger partial charge >= 0.3 is 0 Å². The molecular formula is C18H33N3O3. The normalized spacial score (nSPS) is 20.9. The summed E-state index contributed by atoms with van der Waals surface area (Å²) in [4.78, 5) is 35.4. The van der Waals surface area contributed by atoms with Crippen LogP contribution in [0.2, 0.25) is 0 Å². The number of nitrogens with one attached hydrogen (secondary N) is 2. The molecule has 6 heteroatoms. The molecule has 138 valence electrons. The fourth-order valence-corrected chi connectivity index (χ4v) is 3.84. The number of carbonyl (C=O) groups excluding carboxylic acids is 3. The van der Waals surface area contributed by atoms with Gasteiger partial charge in [0.25, 0.3) is 0 Å². The van der Waals surface area contributed by atoms with E-state index in [2.05, 4.69) is 17.6 Å². The third-order valence-corrected chi connectivity index (χ3v) is 5.33. The molecule has 0 bridgehead atoms. The first kappa shape index (κ1) is 20.5. The summed E-state index contributed by atoms with van der Waals surface area (Å²) in [6, 6.07) is 0. The molecule has 3 amide bonds. The molecular weight excluding hydrogens is 306 g/mol. The average molecular weight is 339 g/mol. The van der Waals surface area contributed by atoms with Gasteiger partial charge in [0, 0.05) is 12.5 Å². The minimum absolute atomic E-state index is 0.0461. The van der Waals surface area contributed by atoms with Crippen molar-refractivity contribution in [1.82, 2.24) is 10.6 Å². The van der Waals surface area contributed by atoms with Gasteiger partial charge in [-0.15, -0.1) is 0 Å². The smallest absolute Gasteiger partial charge is 0.243 e. The second-order valence-corrected chi connectivity index (χ2v) is 6.89. The van der Waals surface area contributed by atoms with E-state index in [1.165, 1.54) is 19.3 Å². The maximum absolute atomic E-state index is 12.3. The molecule has 4 N–H and O–H groups in total. The highest BCUT2D eigenvalue weighted by atomic mass is 16.2. The van der Waals surface area contributed by atoms with Crippen molar-refractivity contribution in [3.63, 3.8) is 0 Å². The van der Waals surface area contributed by atoms with Gasteiger partial charge in [-0.05, 0) is 25.2 Å². The van der Waals surface area contributed by atoms with Gasteiger partial charge in [0.15, 0.2) is 0 Å². The Labute approximate surface area is 145 Å². The van der Waals surface area contributed by atoms with E-state index in [0.29, 0.717) is 25.8 Å². The van der Waals surface area contributed by atoms with Crippen molar-refractivity contribution in [1.29, 1.82) is 0 Å². The van der Waals surface area contributed by atoms with Crippen molar-refractivity contribution in [2.75, 3.05) is 6.54 Å². The van der Waals surface area contributed by atoms with Crippen molar-refractivity contribution < 1.29 is 14.4 Å². The molecule has 1 fully saturated rings. The zero-order valence-electron chi connectivity index (χ0n) is 15.1. The molecule has 0 aromatic rings. The zero-order valence-corrected chi connectivity index (χ0v) is 15.1. The number of carbonyl (C=O) groups is 3. The molecule has 1 aliphatic heterocycles.